The van der Waals surface area contributed by atoms with Gasteiger partial charge >= 0.3 is 6.03 Å². The first-order valence-corrected chi connectivity index (χ1v) is 12.3. The van der Waals surface area contributed by atoms with Crippen molar-refractivity contribution in [3.63, 3.8) is 0 Å². The highest BCUT2D eigenvalue weighted by atomic mass is 32.1. The molecule has 3 aliphatic rings. The van der Waals surface area contributed by atoms with E-state index in [9.17, 15) is 14.4 Å². The van der Waals surface area contributed by atoms with Crippen LogP contribution < -0.4 is 15.4 Å². The number of hydrogen-bond acceptors (Lipinski definition) is 7. The number of hydrogen-bond donors (Lipinski definition) is 3. The van der Waals surface area contributed by atoms with Crippen LogP contribution in [0, 0.1) is 17.3 Å². The minimum atomic E-state index is -1.58. The first-order chi connectivity index (χ1) is 17.3. The molecule has 0 saturated carbocycles. The molecule has 0 spiro atoms. The van der Waals surface area contributed by atoms with Crippen molar-refractivity contribution in [1.29, 1.82) is 5.41 Å². The largest absolute Gasteiger partial charge is 0.497 e. The van der Waals surface area contributed by atoms with Gasteiger partial charge < -0.3 is 24.8 Å². The molecule has 4 heterocycles. The van der Waals surface area contributed by atoms with E-state index < -0.39 is 17.5 Å². The number of imide groups is 1. The van der Waals surface area contributed by atoms with Crippen molar-refractivity contribution in [2.24, 2.45) is 0 Å². The Kier molecular flexibility index (Phi) is 6.15. The SMILES string of the molecule is COc1ccc2c(c1)C(=O)N(C[C@@]1(C#Cc3ccc(C(=N)N4CCN(C)CC4)s3)NC(=O)NC1=O)C2. The van der Waals surface area contributed by atoms with Crippen LogP contribution in [0.2, 0.25) is 0 Å². The molecule has 2 fully saturated rings. The number of carbonyl (C=O) groups is 3. The monoisotopic (exact) mass is 506 g/mol. The number of methoxy groups -OCH3 is 1. The van der Waals surface area contributed by atoms with Crippen molar-refractivity contribution in [2.75, 3.05) is 46.9 Å². The number of likely N-dealkylation sites (N-methyl/N-ethyl adjacent to an activating group) is 1. The molecule has 2 aromatic rings. The van der Waals surface area contributed by atoms with Crippen molar-refractivity contribution >= 4 is 35.0 Å². The maximum atomic E-state index is 13.1. The Labute approximate surface area is 212 Å². The van der Waals surface area contributed by atoms with E-state index in [2.05, 4.69) is 34.4 Å². The first-order valence-electron chi connectivity index (χ1n) is 11.5. The van der Waals surface area contributed by atoms with Crippen molar-refractivity contribution in [3.8, 4) is 17.6 Å². The fourth-order valence-corrected chi connectivity index (χ4v) is 5.34. The number of amides is 4. The molecule has 1 aromatic carbocycles. The number of benzene rings is 1. The Hall–Kier alpha value is -3.88. The van der Waals surface area contributed by atoms with Crippen LogP contribution in [-0.2, 0) is 11.3 Å². The number of nitrogens with one attached hydrogen (secondary N) is 3. The Morgan fingerprint density at radius 1 is 1.17 bits per heavy atom. The molecule has 186 valence electrons. The maximum absolute atomic E-state index is 13.1. The van der Waals surface area contributed by atoms with Gasteiger partial charge in [-0.05, 0) is 36.9 Å². The number of carbonyl (C=O) groups excluding carboxylic acids is 3. The number of urea groups is 1. The Morgan fingerprint density at radius 2 is 1.94 bits per heavy atom. The van der Waals surface area contributed by atoms with Gasteiger partial charge in [0.25, 0.3) is 11.8 Å². The van der Waals surface area contributed by atoms with Crippen LogP contribution in [0.25, 0.3) is 0 Å². The molecule has 3 N–H and O–H groups in total. The molecule has 0 unspecified atom stereocenters. The third-order valence-corrected chi connectivity index (χ3v) is 7.63. The second-order valence-corrected chi connectivity index (χ2v) is 10.1. The minimum Gasteiger partial charge on any atom is -0.497 e. The predicted octanol–water partition coefficient (Wildman–Crippen LogP) is 0.915. The van der Waals surface area contributed by atoms with Gasteiger partial charge in [0.2, 0.25) is 5.54 Å². The van der Waals surface area contributed by atoms with Crippen molar-refractivity contribution in [2.45, 2.75) is 12.1 Å². The van der Waals surface area contributed by atoms with E-state index in [0.29, 0.717) is 28.6 Å². The van der Waals surface area contributed by atoms with Gasteiger partial charge in [0.15, 0.2) is 0 Å². The Morgan fingerprint density at radius 3 is 2.64 bits per heavy atom. The fourth-order valence-electron chi connectivity index (χ4n) is 4.50. The molecule has 1 aromatic heterocycles. The summed E-state index contributed by atoms with van der Waals surface area (Å²) >= 11 is 1.36. The molecule has 0 radical (unpaired) electrons. The molecule has 4 amide bonds. The van der Waals surface area contributed by atoms with Gasteiger partial charge in [-0.15, -0.1) is 11.3 Å². The molecule has 5 rings (SSSR count). The van der Waals surface area contributed by atoms with Crippen LogP contribution in [0.1, 0.15) is 25.7 Å². The fraction of sp³-hybridized carbons (Fsp3) is 0.360. The number of ether oxygens (including phenoxy) is 1. The third-order valence-electron chi connectivity index (χ3n) is 6.62. The van der Waals surface area contributed by atoms with Crippen LogP contribution in [0.4, 0.5) is 4.79 Å². The van der Waals surface area contributed by atoms with E-state index in [1.807, 2.05) is 23.1 Å². The molecular formula is C25H26N6O4S. The zero-order chi connectivity index (χ0) is 25.4. The summed E-state index contributed by atoms with van der Waals surface area (Å²) in [6.45, 7) is 3.61. The van der Waals surface area contributed by atoms with E-state index in [0.717, 1.165) is 36.6 Å². The van der Waals surface area contributed by atoms with Gasteiger partial charge in [0.1, 0.15) is 11.6 Å². The standard InChI is InChI=1S/C25H26N6O4S/c1-29-9-11-30(12-10-29)21(26)20-6-5-18(36-20)7-8-25(23(33)27-24(34)28-25)15-31-14-16-3-4-17(35-2)13-19(16)22(31)32/h3-6,13,26H,9-12,14-15H2,1-2H3,(H2,27,28,33,34)/t25-/m1/s1. The smallest absolute Gasteiger partial charge is 0.323 e. The summed E-state index contributed by atoms with van der Waals surface area (Å²) in [6.07, 6.45) is 0. The lowest BCUT2D eigenvalue weighted by Crippen LogP contribution is -2.54. The second kappa shape index (κ2) is 9.29. The lowest BCUT2D eigenvalue weighted by molar-refractivity contribution is -0.122. The van der Waals surface area contributed by atoms with Crippen LogP contribution >= 0.6 is 11.3 Å². The van der Waals surface area contributed by atoms with Crippen LogP contribution in [0.15, 0.2) is 30.3 Å². The van der Waals surface area contributed by atoms with E-state index in [1.165, 1.54) is 23.3 Å². The number of thiophene rings is 1. The number of amidine groups is 1. The average Bonchev–Trinajstić information content (AvgIpc) is 3.54. The van der Waals surface area contributed by atoms with Crippen LogP contribution in [0.5, 0.6) is 5.75 Å². The van der Waals surface area contributed by atoms with E-state index >= 15 is 0 Å². The number of nitrogens with zero attached hydrogens (tertiary/aromatic N) is 3. The van der Waals surface area contributed by atoms with Gasteiger partial charge in [-0.3, -0.25) is 20.3 Å². The third kappa shape index (κ3) is 4.41. The van der Waals surface area contributed by atoms with Gasteiger partial charge in [0.05, 0.1) is 23.4 Å². The lowest BCUT2D eigenvalue weighted by atomic mass is 9.99. The summed E-state index contributed by atoms with van der Waals surface area (Å²) in [5, 5.41) is 13.4. The molecule has 2 saturated heterocycles. The molecule has 3 aliphatic heterocycles. The minimum absolute atomic E-state index is 0.0945. The van der Waals surface area contributed by atoms with Crippen molar-refractivity contribution in [3.05, 3.63) is 51.2 Å². The molecule has 0 bridgehead atoms. The van der Waals surface area contributed by atoms with Gasteiger partial charge in [0, 0.05) is 38.3 Å². The van der Waals surface area contributed by atoms with E-state index in [1.54, 1.807) is 12.1 Å². The second-order valence-electron chi connectivity index (χ2n) is 9.05. The molecular weight excluding hydrogens is 480 g/mol. The summed E-state index contributed by atoms with van der Waals surface area (Å²) in [7, 11) is 3.60. The van der Waals surface area contributed by atoms with Crippen molar-refractivity contribution in [1.82, 2.24) is 25.3 Å². The van der Waals surface area contributed by atoms with E-state index in [-0.39, 0.29) is 12.5 Å². The number of piperazine rings is 1. The van der Waals surface area contributed by atoms with Gasteiger partial charge in [-0.2, -0.15) is 0 Å². The molecule has 36 heavy (non-hydrogen) atoms. The highest BCUT2D eigenvalue weighted by Crippen LogP contribution is 2.28. The molecule has 11 heteroatoms. The van der Waals surface area contributed by atoms with Crippen molar-refractivity contribution < 1.29 is 19.1 Å². The quantitative estimate of drug-likeness (QED) is 0.246. The summed E-state index contributed by atoms with van der Waals surface area (Å²) in [4.78, 5) is 45.2. The maximum Gasteiger partial charge on any atom is 0.323 e. The number of fused-ring (bicyclic) bond motifs is 1. The van der Waals surface area contributed by atoms with E-state index in [4.69, 9.17) is 10.1 Å². The summed E-state index contributed by atoms with van der Waals surface area (Å²) < 4.78 is 5.22. The zero-order valence-electron chi connectivity index (χ0n) is 20.0. The summed E-state index contributed by atoms with van der Waals surface area (Å²) in [6, 6.07) is 8.28. The topological polar surface area (TPSA) is 118 Å². The van der Waals surface area contributed by atoms with Crippen LogP contribution in [-0.4, -0.2) is 90.8 Å². The normalized spacial score (nSPS) is 21.6. The highest BCUT2D eigenvalue weighted by Gasteiger charge is 2.48. The first kappa shape index (κ1) is 23.8. The van der Waals surface area contributed by atoms with Crippen LogP contribution in [0.3, 0.4) is 0 Å². The molecule has 1 atom stereocenters. The Bertz CT molecular complexity index is 1320. The predicted molar refractivity (Wildman–Crippen MR) is 134 cm³/mol. The molecule has 10 nitrogen and oxygen atoms in total. The summed E-state index contributed by atoms with van der Waals surface area (Å²) in [5.41, 5.74) is -0.250. The summed E-state index contributed by atoms with van der Waals surface area (Å²) in [5.74, 6) is 6.12. The Balaban J connectivity index is 1.36. The lowest BCUT2D eigenvalue weighted by Gasteiger charge is -2.33. The van der Waals surface area contributed by atoms with Gasteiger partial charge in [-0.1, -0.05) is 17.9 Å². The molecule has 0 aliphatic carbocycles. The number of rotatable bonds is 4. The van der Waals surface area contributed by atoms with Gasteiger partial charge in [-0.25, -0.2) is 4.79 Å². The zero-order valence-corrected chi connectivity index (χ0v) is 20.8. The average molecular weight is 507 g/mol. The highest BCUT2D eigenvalue weighted by molar-refractivity contribution is 7.14.